The second-order valence-electron chi connectivity index (χ2n) is 13.3. The summed E-state index contributed by atoms with van der Waals surface area (Å²) >= 11 is 0. The van der Waals surface area contributed by atoms with Crippen LogP contribution in [0, 0.1) is 17.8 Å². The first-order chi connectivity index (χ1) is 25.1. The standard InChI is InChI=1S/C46H43N3O2/c1-35(47(39-20-8-2-9-21-39)40-22-10-3-11-23-40)36-32-37(45(50)48(41-24-12-4-13-25-41)42-26-14-5-15-27-42)34-38(33-36)46(51)49(43-28-16-6-17-29-43)44-30-18-7-19-31-44/h2-31,35-38H,32-34H2,1H3. The van der Waals surface area contributed by atoms with Crippen molar-refractivity contribution in [3.05, 3.63) is 182 Å². The first kappa shape index (κ1) is 33.6. The number of para-hydroxylation sites is 6. The SMILES string of the molecule is CC(C1CC(C(=O)N(c2ccccc2)c2ccccc2)CC(C(=O)N(c2ccccc2)c2ccccc2)C1)N(c1ccccc1)c1ccccc1. The molecule has 7 rings (SSSR count). The zero-order valence-corrected chi connectivity index (χ0v) is 28.9. The molecule has 3 unspecified atom stereocenters. The summed E-state index contributed by atoms with van der Waals surface area (Å²) in [6.45, 7) is 2.25. The van der Waals surface area contributed by atoms with E-state index in [4.69, 9.17) is 0 Å². The topological polar surface area (TPSA) is 43.9 Å². The van der Waals surface area contributed by atoms with Gasteiger partial charge in [-0.3, -0.25) is 19.4 Å². The summed E-state index contributed by atoms with van der Waals surface area (Å²) in [4.78, 5) is 36.1. The lowest BCUT2D eigenvalue weighted by atomic mass is 9.71. The van der Waals surface area contributed by atoms with Crippen LogP contribution in [0.5, 0.6) is 0 Å². The summed E-state index contributed by atoms with van der Waals surface area (Å²) in [7, 11) is 0. The number of amides is 2. The third-order valence-electron chi connectivity index (χ3n) is 10.1. The number of benzene rings is 6. The molecule has 5 nitrogen and oxygen atoms in total. The summed E-state index contributed by atoms with van der Waals surface area (Å²) in [6, 6.07) is 60.3. The third-order valence-corrected chi connectivity index (χ3v) is 10.1. The molecule has 0 saturated heterocycles. The number of nitrogens with zero attached hydrogens (tertiary/aromatic N) is 3. The Balaban J connectivity index is 1.30. The molecule has 1 aliphatic rings. The fourth-order valence-corrected chi connectivity index (χ4v) is 7.65. The minimum absolute atomic E-state index is 0.00972. The molecular weight excluding hydrogens is 627 g/mol. The molecule has 0 aliphatic heterocycles. The number of carbonyl (C=O) groups is 2. The lowest BCUT2D eigenvalue weighted by Gasteiger charge is -2.43. The minimum atomic E-state index is -0.387. The molecule has 6 aromatic rings. The van der Waals surface area contributed by atoms with Crippen LogP contribution < -0.4 is 14.7 Å². The number of hydrogen-bond donors (Lipinski definition) is 0. The van der Waals surface area contributed by atoms with Crippen LogP contribution in [0.3, 0.4) is 0 Å². The molecule has 51 heavy (non-hydrogen) atoms. The van der Waals surface area contributed by atoms with Crippen LogP contribution in [0.15, 0.2) is 182 Å². The average Bonchev–Trinajstić information content (AvgIpc) is 3.20. The molecule has 0 spiro atoms. The van der Waals surface area contributed by atoms with Gasteiger partial charge in [0.15, 0.2) is 0 Å². The van der Waals surface area contributed by atoms with Gasteiger partial charge in [-0.1, -0.05) is 109 Å². The van der Waals surface area contributed by atoms with Gasteiger partial charge in [0.1, 0.15) is 0 Å². The van der Waals surface area contributed by atoms with Crippen molar-refractivity contribution in [1.82, 2.24) is 0 Å². The lowest BCUT2D eigenvalue weighted by molar-refractivity contribution is -0.128. The Morgan fingerprint density at radius 3 is 0.941 bits per heavy atom. The molecule has 0 aromatic heterocycles. The van der Waals surface area contributed by atoms with Crippen molar-refractivity contribution in [2.24, 2.45) is 17.8 Å². The van der Waals surface area contributed by atoms with E-state index in [1.807, 2.05) is 143 Å². The molecule has 0 N–H and O–H groups in total. The first-order valence-corrected chi connectivity index (χ1v) is 17.9. The molecule has 0 bridgehead atoms. The Bertz CT molecular complexity index is 1770. The molecule has 2 amide bonds. The second kappa shape index (κ2) is 15.7. The summed E-state index contributed by atoms with van der Waals surface area (Å²) in [6.07, 6.45) is 1.78. The van der Waals surface area contributed by atoms with E-state index in [1.54, 1.807) is 0 Å². The summed E-state index contributed by atoms with van der Waals surface area (Å²) < 4.78 is 0. The Kier molecular flexibility index (Phi) is 10.4. The van der Waals surface area contributed by atoms with E-state index in [-0.39, 0.29) is 35.6 Å². The van der Waals surface area contributed by atoms with Gasteiger partial charge in [-0.05, 0) is 105 Å². The van der Waals surface area contributed by atoms with Gasteiger partial charge >= 0.3 is 0 Å². The van der Waals surface area contributed by atoms with Crippen LogP contribution >= 0.6 is 0 Å². The average molecular weight is 670 g/mol. The molecule has 1 aliphatic carbocycles. The van der Waals surface area contributed by atoms with Crippen LogP contribution in [0.4, 0.5) is 34.1 Å². The first-order valence-electron chi connectivity index (χ1n) is 17.9. The monoisotopic (exact) mass is 669 g/mol. The number of anilines is 6. The van der Waals surface area contributed by atoms with Gasteiger partial charge in [0, 0.05) is 52.0 Å². The van der Waals surface area contributed by atoms with E-state index in [9.17, 15) is 0 Å². The zero-order valence-electron chi connectivity index (χ0n) is 28.9. The van der Waals surface area contributed by atoms with E-state index in [0.717, 1.165) is 34.1 Å². The van der Waals surface area contributed by atoms with E-state index in [0.29, 0.717) is 19.3 Å². The van der Waals surface area contributed by atoms with Crippen LogP contribution in [0.1, 0.15) is 26.2 Å². The van der Waals surface area contributed by atoms with Crippen molar-refractivity contribution in [3.8, 4) is 0 Å². The van der Waals surface area contributed by atoms with Gasteiger partial charge in [-0.25, -0.2) is 0 Å². The maximum Gasteiger partial charge on any atom is 0.234 e. The summed E-state index contributed by atoms with van der Waals surface area (Å²) in [5.41, 5.74) is 5.43. The highest BCUT2D eigenvalue weighted by atomic mass is 16.2. The molecule has 5 heteroatoms. The molecular formula is C46H43N3O2. The largest absolute Gasteiger partial charge is 0.338 e. The van der Waals surface area contributed by atoms with E-state index in [1.165, 1.54) is 0 Å². The quantitative estimate of drug-likeness (QED) is 0.146. The Morgan fingerprint density at radius 1 is 0.412 bits per heavy atom. The number of rotatable bonds is 10. The van der Waals surface area contributed by atoms with E-state index < -0.39 is 0 Å². The summed E-state index contributed by atoms with van der Waals surface area (Å²) in [5.74, 6) is -0.716. The van der Waals surface area contributed by atoms with Crippen LogP contribution in [0.25, 0.3) is 0 Å². The minimum Gasteiger partial charge on any atom is -0.338 e. The maximum absolute atomic E-state index is 15.0. The molecule has 1 saturated carbocycles. The maximum atomic E-state index is 15.0. The van der Waals surface area contributed by atoms with Gasteiger partial charge in [0.2, 0.25) is 11.8 Å². The van der Waals surface area contributed by atoms with Gasteiger partial charge < -0.3 is 4.90 Å². The van der Waals surface area contributed by atoms with Crippen LogP contribution in [-0.2, 0) is 9.59 Å². The summed E-state index contributed by atoms with van der Waals surface area (Å²) in [5, 5.41) is 0. The number of carbonyl (C=O) groups excluding carboxylic acids is 2. The highest BCUT2D eigenvalue weighted by Gasteiger charge is 2.43. The van der Waals surface area contributed by atoms with Gasteiger partial charge in [0.25, 0.3) is 0 Å². The van der Waals surface area contributed by atoms with Gasteiger partial charge in [0.05, 0.1) is 0 Å². The van der Waals surface area contributed by atoms with Crippen molar-refractivity contribution in [3.63, 3.8) is 0 Å². The zero-order chi connectivity index (χ0) is 35.0. The van der Waals surface area contributed by atoms with Crippen LogP contribution in [0.2, 0.25) is 0 Å². The van der Waals surface area contributed by atoms with Crippen molar-refractivity contribution < 1.29 is 9.59 Å². The van der Waals surface area contributed by atoms with Gasteiger partial charge in [-0.2, -0.15) is 0 Å². The molecule has 1 fully saturated rings. The normalized spacial score (nSPS) is 17.5. The predicted octanol–water partition coefficient (Wildman–Crippen LogP) is 11.0. The van der Waals surface area contributed by atoms with Crippen molar-refractivity contribution >= 4 is 45.9 Å². The fraction of sp³-hybridized carbons (Fsp3) is 0.174. The van der Waals surface area contributed by atoms with Crippen LogP contribution in [-0.4, -0.2) is 17.9 Å². The Hall–Kier alpha value is -5.94. The third kappa shape index (κ3) is 7.48. The molecule has 0 radical (unpaired) electrons. The second-order valence-corrected chi connectivity index (χ2v) is 13.3. The Labute approximate surface area is 301 Å². The Morgan fingerprint density at radius 2 is 0.667 bits per heavy atom. The van der Waals surface area contributed by atoms with E-state index in [2.05, 4.69) is 60.4 Å². The smallest absolute Gasteiger partial charge is 0.234 e. The fourth-order valence-electron chi connectivity index (χ4n) is 7.65. The molecule has 6 aromatic carbocycles. The van der Waals surface area contributed by atoms with Crippen molar-refractivity contribution in [2.75, 3.05) is 14.7 Å². The predicted molar refractivity (Wildman–Crippen MR) is 209 cm³/mol. The highest BCUT2D eigenvalue weighted by molar-refractivity contribution is 6.04. The van der Waals surface area contributed by atoms with Crippen molar-refractivity contribution in [2.45, 2.75) is 32.2 Å². The molecule has 3 atom stereocenters. The number of hydrogen-bond acceptors (Lipinski definition) is 3. The van der Waals surface area contributed by atoms with E-state index >= 15 is 9.59 Å². The lowest BCUT2D eigenvalue weighted by Crippen LogP contribution is -2.46. The van der Waals surface area contributed by atoms with Crippen molar-refractivity contribution in [1.29, 1.82) is 0 Å². The molecule has 254 valence electrons. The van der Waals surface area contributed by atoms with Gasteiger partial charge in [-0.15, -0.1) is 0 Å². The molecule has 0 heterocycles. The highest BCUT2D eigenvalue weighted by Crippen LogP contribution is 2.44.